The van der Waals surface area contributed by atoms with Crippen LogP contribution in [-0.2, 0) is 5.41 Å². The monoisotopic (exact) mass is 378 g/mol. The second kappa shape index (κ2) is 6.56. The normalized spacial score (nSPS) is 12.0. The summed E-state index contributed by atoms with van der Waals surface area (Å²) >= 11 is 0. The van der Waals surface area contributed by atoms with Gasteiger partial charge < -0.3 is 4.42 Å². The molecule has 0 N–H and O–H groups in total. The first kappa shape index (κ1) is 17.6. The van der Waals surface area contributed by atoms with Crippen molar-refractivity contribution in [1.29, 1.82) is 0 Å². The first-order valence-corrected chi connectivity index (χ1v) is 9.86. The second-order valence-corrected chi connectivity index (χ2v) is 8.39. The van der Waals surface area contributed by atoms with E-state index < -0.39 is 0 Å². The van der Waals surface area contributed by atoms with Crippen LogP contribution in [0.15, 0.2) is 83.3 Å². The highest BCUT2D eigenvalue weighted by atomic mass is 16.3. The van der Waals surface area contributed by atoms with Crippen LogP contribution in [-0.4, -0.2) is 9.97 Å². The molecule has 0 fully saturated rings. The summed E-state index contributed by atoms with van der Waals surface area (Å²) in [6.07, 6.45) is 0. The Morgan fingerprint density at radius 3 is 2.03 bits per heavy atom. The van der Waals surface area contributed by atoms with Gasteiger partial charge in [-0.15, -0.1) is 0 Å². The molecule has 3 heteroatoms. The Morgan fingerprint density at radius 2 is 1.28 bits per heavy atom. The van der Waals surface area contributed by atoms with E-state index in [1.165, 1.54) is 0 Å². The Hall–Kier alpha value is -3.46. The molecule has 2 heterocycles. The standard InChI is InChI=1S/C26H22N2O/c1-26(2,3)25-27-21(17-9-5-4-6-10-17)16-22(28-25)18-13-14-24-20(15-18)19-11-7-8-12-23(19)29-24/h4-16H,1-3H3. The quantitative estimate of drug-likeness (QED) is 0.332. The van der Waals surface area contributed by atoms with E-state index in [0.29, 0.717) is 0 Å². The van der Waals surface area contributed by atoms with Crippen LogP contribution < -0.4 is 0 Å². The fraction of sp³-hybridized carbons (Fsp3) is 0.154. The van der Waals surface area contributed by atoms with Gasteiger partial charge in [0, 0.05) is 27.3 Å². The molecule has 0 spiro atoms. The van der Waals surface area contributed by atoms with Crippen molar-refractivity contribution in [3.8, 4) is 22.5 Å². The van der Waals surface area contributed by atoms with Gasteiger partial charge in [-0.1, -0.05) is 69.3 Å². The minimum Gasteiger partial charge on any atom is -0.456 e. The van der Waals surface area contributed by atoms with Crippen molar-refractivity contribution in [3.63, 3.8) is 0 Å². The van der Waals surface area contributed by atoms with E-state index >= 15 is 0 Å². The number of furan rings is 1. The molecule has 5 rings (SSSR count). The molecule has 0 radical (unpaired) electrons. The lowest BCUT2D eigenvalue weighted by Crippen LogP contribution is -2.16. The number of hydrogen-bond acceptors (Lipinski definition) is 3. The van der Waals surface area contributed by atoms with E-state index in [9.17, 15) is 0 Å². The average Bonchev–Trinajstić information content (AvgIpc) is 3.11. The van der Waals surface area contributed by atoms with Gasteiger partial charge in [0.05, 0.1) is 11.4 Å². The highest BCUT2D eigenvalue weighted by Gasteiger charge is 2.20. The maximum atomic E-state index is 5.98. The predicted octanol–water partition coefficient (Wildman–Crippen LogP) is 7.01. The van der Waals surface area contributed by atoms with Crippen LogP contribution in [0.1, 0.15) is 26.6 Å². The van der Waals surface area contributed by atoms with Gasteiger partial charge in [-0.05, 0) is 30.3 Å². The first-order chi connectivity index (χ1) is 14.0. The van der Waals surface area contributed by atoms with Crippen LogP contribution in [0.3, 0.4) is 0 Å². The SMILES string of the molecule is CC(C)(C)c1nc(-c2ccccc2)cc(-c2ccc3oc4ccccc4c3c2)n1. The average molecular weight is 378 g/mol. The molecule has 0 aliphatic heterocycles. The summed E-state index contributed by atoms with van der Waals surface area (Å²) < 4.78 is 5.98. The molecular weight excluding hydrogens is 356 g/mol. The van der Waals surface area contributed by atoms with Gasteiger partial charge in [-0.3, -0.25) is 0 Å². The summed E-state index contributed by atoms with van der Waals surface area (Å²) in [6, 6.07) is 26.8. The first-order valence-electron chi connectivity index (χ1n) is 9.86. The summed E-state index contributed by atoms with van der Waals surface area (Å²) in [7, 11) is 0. The third-order valence-corrected chi connectivity index (χ3v) is 5.14. The van der Waals surface area contributed by atoms with E-state index in [2.05, 4.69) is 57.2 Å². The Labute approximate surface area is 170 Å². The van der Waals surface area contributed by atoms with Crippen LogP contribution in [0.25, 0.3) is 44.5 Å². The van der Waals surface area contributed by atoms with E-state index in [-0.39, 0.29) is 5.41 Å². The zero-order valence-electron chi connectivity index (χ0n) is 16.8. The molecule has 0 saturated heterocycles. The summed E-state index contributed by atoms with van der Waals surface area (Å²) in [4.78, 5) is 9.80. The van der Waals surface area contributed by atoms with Crippen LogP contribution in [0.2, 0.25) is 0 Å². The Bertz CT molecular complexity index is 1330. The molecule has 3 aromatic carbocycles. The minimum absolute atomic E-state index is 0.147. The summed E-state index contributed by atoms with van der Waals surface area (Å²) in [6.45, 7) is 6.44. The van der Waals surface area contributed by atoms with Crippen LogP contribution in [0, 0.1) is 0 Å². The molecule has 29 heavy (non-hydrogen) atoms. The highest BCUT2D eigenvalue weighted by molar-refractivity contribution is 6.06. The fourth-order valence-electron chi connectivity index (χ4n) is 3.57. The van der Waals surface area contributed by atoms with E-state index in [4.69, 9.17) is 14.4 Å². The zero-order valence-corrected chi connectivity index (χ0v) is 16.8. The largest absolute Gasteiger partial charge is 0.456 e. The van der Waals surface area contributed by atoms with Crippen molar-refractivity contribution in [2.75, 3.05) is 0 Å². The van der Waals surface area contributed by atoms with Gasteiger partial charge in [0.1, 0.15) is 17.0 Å². The molecule has 142 valence electrons. The van der Waals surface area contributed by atoms with Crippen molar-refractivity contribution in [2.24, 2.45) is 0 Å². The minimum atomic E-state index is -0.147. The summed E-state index contributed by atoms with van der Waals surface area (Å²) in [5.41, 5.74) is 5.68. The Morgan fingerprint density at radius 1 is 0.621 bits per heavy atom. The number of fused-ring (bicyclic) bond motifs is 3. The topological polar surface area (TPSA) is 38.9 Å². The number of rotatable bonds is 2. The van der Waals surface area contributed by atoms with E-state index in [1.807, 2.05) is 42.5 Å². The molecule has 0 bridgehead atoms. The lowest BCUT2D eigenvalue weighted by molar-refractivity contribution is 0.547. The summed E-state index contributed by atoms with van der Waals surface area (Å²) in [5.74, 6) is 0.839. The molecule has 2 aromatic heterocycles. The molecular formula is C26H22N2O. The van der Waals surface area contributed by atoms with Gasteiger partial charge in [0.2, 0.25) is 0 Å². The van der Waals surface area contributed by atoms with Gasteiger partial charge >= 0.3 is 0 Å². The van der Waals surface area contributed by atoms with Crippen molar-refractivity contribution < 1.29 is 4.42 Å². The number of nitrogens with zero attached hydrogens (tertiary/aromatic N) is 2. The molecule has 0 saturated carbocycles. The third-order valence-electron chi connectivity index (χ3n) is 5.14. The number of benzene rings is 3. The fourth-order valence-corrected chi connectivity index (χ4v) is 3.57. The van der Waals surface area contributed by atoms with Gasteiger partial charge in [-0.2, -0.15) is 0 Å². The molecule has 5 aromatic rings. The van der Waals surface area contributed by atoms with Gasteiger partial charge in [0.25, 0.3) is 0 Å². The van der Waals surface area contributed by atoms with Crippen molar-refractivity contribution in [1.82, 2.24) is 9.97 Å². The molecule has 0 aliphatic carbocycles. The predicted molar refractivity (Wildman–Crippen MR) is 119 cm³/mol. The number of hydrogen-bond donors (Lipinski definition) is 0. The van der Waals surface area contributed by atoms with Crippen LogP contribution in [0.4, 0.5) is 0 Å². The summed E-state index contributed by atoms with van der Waals surface area (Å²) in [5, 5.41) is 2.23. The smallest absolute Gasteiger partial charge is 0.135 e. The Balaban J connectivity index is 1.73. The maximum Gasteiger partial charge on any atom is 0.135 e. The van der Waals surface area contributed by atoms with Gasteiger partial charge in [-0.25, -0.2) is 9.97 Å². The molecule has 0 aliphatic rings. The molecule has 0 atom stereocenters. The van der Waals surface area contributed by atoms with Crippen molar-refractivity contribution in [3.05, 3.63) is 84.7 Å². The zero-order chi connectivity index (χ0) is 20.0. The number of para-hydroxylation sites is 1. The lowest BCUT2D eigenvalue weighted by Gasteiger charge is -2.19. The van der Waals surface area contributed by atoms with E-state index in [0.717, 1.165) is 50.3 Å². The highest BCUT2D eigenvalue weighted by Crippen LogP contribution is 2.33. The van der Waals surface area contributed by atoms with Crippen molar-refractivity contribution >= 4 is 21.9 Å². The van der Waals surface area contributed by atoms with Crippen LogP contribution >= 0.6 is 0 Å². The maximum absolute atomic E-state index is 5.98. The molecule has 3 nitrogen and oxygen atoms in total. The number of aromatic nitrogens is 2. The van der Waals surface area contributed by atoms with Crippen LogP contribution in [0.5, 0.6) is 0 Å². The molecule has 0 unspecified atom stereocenters. The van der Waals surface area contributed by atoms with E-state index in [1.54, 1.807) is 0 Å². The Kier molecular flexibility index (Phi) is 3.99. The van der Waals surface area contributed by atoms with Gasteiger partial charge in [0.15, 0.2) is 0 Å². The van der Waals surface area contributed by atoms with Crippen molar-refractivity contribution in [2.45, 2.75) is 26.2 Å². The second-order valence-electron chi connectivity index (χ2n) is 8.39. The lowest BCUT2D eigenvalue weighted by atomic mass is 9.94. The third kappa shape index (κ3) is 3.19. The molecule has 0 amide bonds.